The Balaban J connectivity index is 2.60. The van der Waals surface area contributed by atoms with Crippen molar-refractivity contribution in [3.05, 3.63) is 29.1 Å². The smallest absolute Gasteiger partial charge is 0.381 e. The molecule has 0 unspecified atom stereocenters. The van der Waals surface area contributed by atoms with Gasteiger partial charge in [-0.3, -0.25) is 0 Å². The molecule has 0 saturated carbocycles. The molecule has 68 valence electrons. The maximum Gasteiger partial charge on any atom is 0.381 e. The highest BCUT2D eigenvalue weighted by molar-refractivity contribution is 5.57. The summed E-state index contributed by atoms with van der Waals surface area (Å²) >= 11 is 0. The van der Waals surface area contributed by atoms with E-state index in [9.17, 15) is 0 Å². The van der Waals surface area contributed by atoms with E-state index in [2.05, 4.69) is 11.8 Å². The molecule has 0 aromatic heterocycles. The average molecular weight is 176 g/mol. The summed E-state index contributed by atoms with van der Waals surface area (Å²) in [4.78, 5) is 3.62. The van der Waals surface area contributed by atoms with Crippen LogP contribution in [0.2, 0.25) is 0 Å². The fraction of sp³-hybridized carbons (Fsp3) is 0.364. The highest BCUT2D eigenvalue weighted by atomic mass is 16.5. The van der Waals surface area contributed by atoms with Crippen LogP contribution < -0.4 is 4.74 Å². The van der Waals surface area contributed by atoms with Crippen LogP contribution in [0.25, 0.3) is 4.85 Å². The van der Waals surface area contributed by atoms with Crippen LogP contribution in [0.5, 0.6) is 5.75 Å². The van der Waals surface area contributed by atoms with Gasteiger partial charge < -0.3 is 4.74 Å². The predicted octanol–water partition coefficient (Wildman–Crippen LogP) is 3.46. The van der Waals surface area contributed by atoms with Crippen LogP contribution >= 0.6 is 0 Å². The van der Waals surface area contributed by atoms with Gasteiger partial charge in [-0.2, -0.15) is 0 Å². The molecule has 0 bridgehead atoms. The molecule has 1 rings (SSSR count). The minimum Gasteiger partial charge on any atom is -0.486 e. The Morgan fingerprint density at radius 3 is 2.85 bits per heavy atom. The van der Waals surface area contributed by atoms with Crippen LogP contribution in [0.15, 0.2) is 24.3 Å². The number of hydrogen-bond donors (Lipinski definition) is 0. The Kier molecular flexibility index (Phi) is 3.84. The maximum absolute atomic E-state index is 5.49. The van der Waals surface area contributed by atoms with Gasteiger partial charge in [0, 0.05) is 6.07 Å². The van der Waals surface area contributed by atoms with Crippen LogP contribution in [-0.4, -0.2) is 6.61 Å². The summed E-state index contributed by atoms with van der Waals surface area (Å²) in [5.41, 5.74) is 0.707. The number of hydrogen-bond acceptors (Lipinski definition) is 1. The molecule has 0 radical (unpaired) electrons. The molecule has 2 heteroatoms. The third-order valence-electron chi connectivity index (χ3n) is 1.76. The Hall–Kier alpha value is -1.49. The molecule has 13 heavy (non-hydrogen) atoms. The van der Waals surface area contributed by atoms with Crippen molar-refractivity contribution in [3.63, 3.8) is 0 Å². The molecular formula is C11H14NO+. The van der Waals surface area contributed by atoms with Crippen LogP contribution in [0.1, 0.15) is 19.8 Å². The lowest BCUT2D eigenvalue weighted by Crippen LogP contribution is -1.95. The molecular weight excluding hydrogens is 162 g/mol. The first kappa shape index (κ1) is 9.60. The number of rotatable bonds is 4. The fourth-order valence-electron chi connectivity index (χ4n) is 1.01. The van der Waals surface area contributed by atoms with Gasteiger partial charge in [-0.25, -0.2) is 0 Å². The molecule has 0 heterocycles. The summed E-state index contributed by atoms with van der Waals surface area (Å²) in [5.74, 6) is 0.762. The van der Waals surface area contributed by atoms with Crippen molar-refractivity contribution in [3.8, 4) is 12.3 Å². The fourth-order valence-corrected chi connectivity index (χ4v) is 1.01. The second kappa shape index (κ2) is 5.21. The van der Waals surface area contributed by atoms with Crippen LogP contribution in [0, 0.1) is 6.57 Å². The van der Waals surface area contributed by atoms with Gasteiger partial charge in [-0.15, -0.1) is 0 Å². The van der Waals surface area contributed by atoms with Gasteiger partial charge >= 0.3 is 5.69 Å². The zero-order chi connectivity index (χ0) is 9.52. The molecule has 0 atom stereocenters. The molecule has 0 spiro atoms. The molecule has 0 aliphatic carbocycles. The molecule has 0 amide bonds. The second-order valence-electron chi connectivity index (χ2n) is 2.80. The van der Waals surface area contributed by atoms with E-state index in [4.69, 9.17) is 11.3 Å². The first-order valence-electron chi connectivity index (χ1n) is 4.51. The van der Waals surface area contributed by atoms with Gasteiger partial charge in [0.2, 0.25) is 5.75 Å². The lowest BCUT2D eigenvalue weighted by molar-refractivity contribution is 0.311. The molecule has 0 saturated heterocycles. The third-order valence-corrected chi connectivity index (χ3v) is 1.76. The van der Waals surface area contributed by atoms with Crippen molar-refractivity contribution in [1.82, 2.24) is 0 Å². The van der Waals surface area contributed by atoms with Crippen LogP contribution in [0.3, 0.4) is 0 Å². The topological polar surface area (TPSA) is 13.6 Å². The van der Waals surface area contributed by atoms with Gasteiger partial charge in [-0.1, -0.05) is 25.5 Å². The van der Waals surface area contributed by atoms with E-state index in [1.807, 2.05) is 24.3 Å². The normalized spacial score (nSPS) is 9.23. The van der Waals surface area contributed by atoms with Crippen molar-refractivity contribution < 1.29 is 4.74 Å². The monoisotopic (exact) mass is 176 g/mol. The van der Waals surface area contributed by atoms with Crippen LogP contribution in [-0.2, 0) is 0 Å². The van der Waals surface area contributed by atoms with Crippen molar-refractivity contribution in [2.24, 2.45) is 0 Å². The first-order chi connectivity index (χ1) is 6.38. The maximum atomic E-state index is 5.49. The van der Waals surface area contributed by atoms with E-state index in [1.165, 1.54) is 0 Å². The van der Waals surface area contributed by atoms with Crippen molar-refractivity contribution in [2.75, 3.05) is 6.61 Å². The number of unbranched alkanes of at least 4 members (excludes halogenated alkanes) is 1. The Bertz CT molecular complexity index is 301. The summed E-state index contributed by atoms with van der Waals surface area (Å²) < 4.78 is 5.49. The van der Waals surface area contributed by atoms with E-state index in [1.54, 1.807) is 0 Å². The zero-order valence-corrected chi connectivity index (χ0v) is 7.86. The summed E-state index contributed by atoms with van der Waals surface area (Å²) in [5, 5.41) is 0. The van der Waals surface area contributed by atoms with Crippen molar-refractivity contribution >= 4 is 5.69 Å². The zero-order valence-electron chi connectivity index (χ0n) is 7.86. The number of benzene rings is 1. The molecule has 1 aromatic carbocycles. The summed E-state index contributed by atoms with van der Waals surface area (Å²) in [6, 6.07) is 7.51. The summed E-state index contributed by atoms with van der Waals surface area (Å²) in [6.07, 6.45) is 2.18. The largest absolute Gasteiger partial charge is 0.486 e. The molecule has 0 aliphatic heterocycles. The van der Waals surface area contributed by atoms with Gasteiger partial charge in [0.25, 0.3) is 6.57 Å². The minimum absolute atomic E-state index is 0.707. The SMILES string of the molecule is C#[N+]c1ccccc1OCCCC. The summed E-state index contributed by atoms with van der Waals surface area (Å²) in [6.45, 7) is 8.05. The van der Waals surface area contributed by atoms with E-state index in [0.29, 0.717) is 5.69 Å². The second-order valence-corrected chi connectivity index (χ2v) is 2.80. The van der Waals surface area contributed by atoms with Gasteiger partial charge in [0.15, 0.2) is 0 Å². The van der Waals surface area contributed by atoms with E-state index >= 15 is 0 Å². The minimum atomic E-state index is 0.707. The van der Waals surface area contributed by atoms with E-state index in [0.717, 1.165) is 25.2 Å². The van der Waals surface area contributed by atoms with Gasteiger partial charge in [0.05, 0.1) is 6.61 Å². The Labute approximate surface area is 79.0 Å². The average Bonchev–Trinajstić information content (AvgIpc) is 2.19. The highest BCUT2D eigenvalue weighted by Crippen LogP contribution is 2.26. The highest BCUT2D eigenvalue weighted by Gasteiger charge is 2.08. The van der Waals surface area contributed by atoms with E-state index in [-0.39, 0.29) is 0 Å². The molecule has 0 fully saturated rings. The van der Waals surface area contributed by atoms with Gasteiger partial charge in [-0.05, 0) is 17.3 Å². The van der Waals surface area contributed by atoms with Crippen molar-refractivity contribution in [1.29, 1.82) is 0 Å². The number of ether oxygens (including phenoxy) is 1. The first-order valence-corrected chi connectivity index (χ1v) is 4.51. The lowest BCUT2D eigenvalue weighted by Gasteiger charge is -2.01. The third kappa shape index (κ3) is 2.79. The van der Waals surface area contributed by atoms with Crippen LogP contribution in [0.4, 0.5) is 5.69 Å². The Morgan fingerprint density at radius 2 is 2.15 bits per heavy atom. The van der Waals surface area contributed by atoms with Gasteiger partial charge in [0.1, 0.15) is 0 Å². The van der Waals surface area contributed by atoms with E-state index < -0.39 is 0 Å². The number of para-hydroxylation sites is 2. The number of nitrogens with zero attached hydrogens (tertiary/aromatic N) is 1. The standard InChI is InChI=1S/C11H14NO/c1-3-4-9-13-11-8-6-5-7-10(11)12-2/h2,5-8H,3-4,9H2,1H3/q+1. The molecule has 1 aromatic rings. The lowest BCUT2D eigenvalue weighted by atomic mass is 10.3. The molecule has 2 nitrogen and oxygen atoms in total. The quantitative estimate of drug-likeness (QED) is 0.640. The summed E-state index contributed by atoms with van der Waals surface area (Å²) in [7, 11) is 0. The molecule has 0 aliphatic rings. The van der Waals surface area contributed by atoms with Crippen molar-refractivity contribution in [2.45, 2.75) is 19.8 Å². The molecule has 0 N–H and O–H groups in total. The Morgan fingerprint density at radius 1 is 1.38 bits per heavy atom. The predicted molar refractivity (Wildman–Crippen MR) is 54.8 cm³/mol.